The summed E-state index contributed by atoms with van der Waals surface area (Å²) in [6.07, 6.45) is 0. The van der Waals surface area contributed by atoms with Crippen molar-refractivity contribution in [1.82, 2.24) is 0 Å². The fraction of sp³-hybridized carbons (Fsp3) is 0.143. The van der Waals surface area contributed by atoms with Crippen LogP contribution >= 0.6 is 31.9 Å². The van der Waals surface area contributed by atoms with Gasteiger partial charge < -0.3 is 66.3 Å². The van der Waals surface area contributed by atoms with Crippen molar-refractivity contribution in [2.45, 2.75) is 97.8 Å². The highest BCUT2D eigenvalue weighted by molar-refractivity contribution is 9.10. The maximum Gasteiger partial charge on any atom is 0.138 e. The Morgan fingerprint density at radius 2 is 0.273 bits per heavy atom. The molecule has 121 heavy (non-hydrogen) atoms. The molecule has 16 heteroatoms. The Kier molecular flexibility index (Phi) is 29.5. The highest BCUT2D eigenvalue weighted by atomic mass is 79.9. The minimum Gasteiger partial charge on any atom is -0.489 e. The molecule has 0 saturated heterocycles. The van der Waals surface area contributed by atoms with E-state index in [1.54, 1.807) is 0 Å². The molecule has 0 atom stereocenters. The molecule has 0 spiro atoms. The molecule has 608 valence electrons. The smallest absolute Gasteiger partial charge is 0.138 e. The van der Waals surface area contributed by atoms with Crippen LogP contribution in [0.4, 0.5) is 0 Å². The second kappa shape index (κ2) is 43.2. The third-order valence-corrected chi connectivity index (χ3v) is 20.7. The number of hydrogen-bond acceptors (Lipinski definition) is 14. The molecular weight excluding hydrogens is 1640 g/mol. The van der Waals surface area contributed by atoms with Gasteiger partial charge in [0.25, 0.3) is 0 Å². The first-order chi connectivity index (χ1) is 59.7. The van der Waals surface area contributed by atoms with Gasteiger partial charge in [0.15, 0.2) is 0 Å². The van der Waals surface area contributed by atoms with E-state index in [0.717, 1.165) is 83.5 Å². The molecule has 0 heterocycles. The quantitative estimate of drug-likeness (QED) is 0.0336. The van der Waals surface area contributed by atoms with Gasteiger partial charge in [-0.2, -0.15) is 0 Å². The number of hydrogen-bond donors (Lipinski definition) is 0. The van der Waals surface area contributed by atoms with E-state index in [1.807, 2.05) is 364 Å². The van der Waals surface area contributed by atoms with Gasteiger partial charge in [-0.05, 0) is 184 Å². The predicted molar refractivity (Wildman–Crippen MR) is 478 cm³/mol. The molecule has 15 aromatic carbocycles. The van der Waals surface area contributed by atoms with Crippen LogP contribution in [-0.2, 0) is 97.8 Å². The molecule has 0 saturated carbocycles. The Balaban J connectivity index is 0.704. The lowest BCUT2D eigenvalue weighted by Crippen LogP contribution is -2.05. The number of halogens is 2. The average Bonchev–Trinajstić information content (AvgIpc) is 0.823. The van der Waals surface area contributed by atoms with E-state index in [9.17, 15) is 0 Å². The van der Waals surface area contributed by atoms with Crippen LogP contribution < -0.4 is 66.3 Å². The van der Waals surface area contributed by atoms with Crippen molar-refractivity contribution in [3.8, 4) is 80.5 Å². The molecule has 0 aromatic heterocycles. The van der Waals surface area contributed by atoms with Crippen molar-refractivity contribution >= 4 is 31.9 Å². The lowest BCUT2D eigenvalue weighted by atomic mass is 10.1. The summed E-state index contributed by atoms with van der Waals surface area (Å²) in [5, 5.41) is 0.514. The van der Waals surface area contributed by atoms with Crippen LogP contribution in [0.25, 0.3) is 0 Å². The Bertz CT molecular complexity index is 5180. The van der Waals surface area contributed by atoms with Gasteiger partial charge in [-0.3, -0.25) is 0 Å². The predicted octanol–water partition coefficient (Wildman–Crippen LogP) is 25.5. The first-order valence-corrected chi connectivity index (χ1v) is 41.9. The van der Waals surface area contributed by atoms with E-state index in [2.05, 4.69) is 31.9 Å². The summed E-state index contributed by atoms with van der Waals surface area (Å²) in [5.74, 6) is 8.34. The summed E-state index contributed by atoms with van der Waals surface area (Å²) in [6, 6.07) is 120. The summed E-state index contributed by atoms with van der Waals surface area (Å²) in [6.45, 7) is 3.79. The number of alkyl halides is 1. The van der Waals surface area contributed by atoms with Crippen LogP contribution in [0.3, 0.4) is 0 Å². The normalized spacial score (nSPS) is 10.9. The first-order valence-electron chi connectivity index (χ1n) is 40.0. The molecule has 0 aliphatic rings. The molecule has 0 amide bonds. The average molecular weight is 1740 g/mol. The summed E-state index contributed by atoms with van der Waals surface area (Å²) in [5.41, 5.74) is 14.0. The molecule has 0 aliphatic heterocycles. The standard InChI is InChI=1S/C105H90Br2O14/c106-61-84-41-91(116-70-87-47-101(117-71-85-43-93(108-62-76-25-9-1-10-26-76)56-94(44-85)109-63-77-27-11-2-12-28-77)60-102(48-87)118-72-86-45-95(110-64-78-29-13-3-14-30-78)57-96(46-86)111-65-79-31-15-4-16-32-79)55-92(42-84)119-73-90-53-103(120-74-88-49-97(112-66-80-33-17-5-18-34-80)58-98(50-88)113-67-81-35-19-6-20-36-81)105(107)104(54-90)121-75-89-51-99(114-68-82-37-21-7-22-38-82)59-100(52-89)115-69-83-39-23-8-24-40-83/h1-60H,61-75H2. The van der Waals surface area contributed by atoms with E-state index in [-0.39, 0.29) is 39.6 Å². The van der Waals surface area contributed by atoms with Crippen LogP contribution in [-0.4, -0.2) is 0 Å². The molecule has 0 bridgehead atoms. The van der Waals surface area contributed by atoms with Crippen LogP contribution in [0.1, 0.15) is 83.5 Å². The van der Waals surface area contributed by atoms with E-state index in [1.165, 1.54) is 0 Å². The van der Waals surface area contributed by atoms with Crippen molar-refractivity contribution in [2.75, 3.05) is 0 Å². The van der Waals surface area contributed by atoms with Gasteiger partial charge in [0.05, 0.1) is 0 Å². The Morgan fingerprint density at radius 3 is 0.430 bits per heavy atom. The van der Waals surface area contributed by atoms with E-state index in [0.29, 0.717) is 143 Å². The molecule has 0 aliphatic carbocycles. The van der Waals surface area contributed by atoms with Crippen molar-refractivity contribution in [3.63, 3.8) is 0 Å². The van der Waals surface area contributed by atoms with Gasteiger partial charge in [0.1, 0.15) is 177 Å². The van der Waals surface area contributed by atoms with Crippen LogP contribution in [0.5, 0.6) is 80.5 Å². The zero-order chi connectivity index (χ0) is 82.3. The summed E-state index contributed by atoms with van der Waals surface area (Å²) in [7, 11) is 0. The van der Waals surface area contributed by atoms with E-state index in [4.69, 9.17) is 66.3 Å². The van der Waals surface area contributed by atoms with Crippen LogP contribution in [0.15, 0.2) is 368 Å². The molecule has 0 N–H and O–H groups in total. The highest BCUT2D eigenvalue weighted by Crippen LogP contribution is 2.40. The zero-order valence-corrected chi connectivity index (χ0v) is 69.9. The third kappa shape index (κ3) is 26.2. The first kappa shape index (κ1) is 82.6. The van der Waals surface area contributed by atoms with E-state index >= 15 is 0 Å². The van der Waals surface area contributed by atoms with Gasteiger partial charge in [-0.1, -0.05) is 259 Å². The molecule has 15 aromatic rings. The van der Waals surface area contributed by atoms with Crippen molar-refractivity contribution in [1.29, 1.82) is 0 Å². The maximum atomic E-state index is 6.86. The van der Waals surface area contributed by atoms with Gasteiger partial charge in [0.2, 0.25) is 0 Å². The molecule has 0 radical (unpaired) electrons. The monoisotopic (exact) mass is 1730 g/mol. The minimum absolute atomic E-state index is 0.108. The Morgan fingerprint density at radius 1 is 0.140 bits per heavy atom. The number of rotatable bonds is 43. The lowest BCUT2D eigenvalue weighted by Gasteiger charge is -2.18. The largest absolute Gasteiger partial charge is 0.489 e. The molecule has 15 rings (SSSR count). The molecule has 14 nitrogen and oxygen atoms in total. The maximum absolute atomic E-state index is 6.86. The van der Waals surface area contributed by atoms with Gasteiger partial charge in [-0.25, -0.2) is 0 Å². The second-order valence-corrected chi connectivity index (χ2v) is 30.2. The fourth-order valence-corrected chi connectivity index (χ4v) is 13.9. The second-order valence-electron chi connectivity index (χ2n) is 28.8. The fourth-order valence-electron chi connectivity index (χ4n) is 13.1. The summed E-state index contributed by atoms with van der Waals surface area (Å²) < 4.78 is 93.0. The van der Waals surface area contributed by atoms with Gasteiger partial charge >= 0.3 is 0 Å². The number of benzene rings is 15. The molecule has 0 fully saturated rings. The third-order valence-electron chi connectivity index (χ3n) is 19.3. The summed E-state index contributed by atoms with van der Waals surface area (Å²) in [4.78, 5) is 0. The van der Waals surface area contributed by atoms with Crippen molar-refractivity contribution in [3.05, 3.63) is 452 Å². The van der Waals surface area contributed by atoms with Gasteiger partial charge in [-0.15, -0.1) is 0 Å². The Labute approximate surface area is 723 Å². The molecular formula is C105H90Br2O14. The van der Waals surface area contributed by atoms with Crippen LogP contribution in [0, 0.1) is 0 Å². The Hall–Kier alpha value is -13.5. The lowest BCUT2D eigenvalue weighted by molar-refractivity contribution is 0.269. The summed E-state index contributed by atoms with van der Waals surface area (Å²) >= 11 is 7.70. The van der Waals surface area contributed by atoms with Gasteiger partial charge in [0, 0.05) is 41.7 Å². The molecule has 0 unspecified atom stereocenters. The zero-order valence-electron chi connectivity index (χ0n) is 66.7. The minimum atomic E-state index is 0.108. The van der Waals surface area contributed by atoms with Crippen LogP contribution in [0.2, 0.25) is 0 Å². The highest BCUT2D eigenvalue weighted by Gasteiger charge is 2.19. The van der Waals surface area contributed by atoms with Crippen molar-refractivity contribution in [2.24, 2.45) is 0 Å². The number of ether oxygens (including phenoxy) is 14. The topological polar surface area (TPSA) is 129 Å². The SMILES string of the molecule is BrCc1cc(OCc2cc(OCc3cc(OCc4ccccc4)cc(OCc4ccccc4)c3)cc(OCc3cc(OCc4ccccc4)cc(OCc4ccccc4)c3)c2)cc(OCc2cc(OCc3cc(OCc4ccccc4)cc(OCc4ccccc4)c3)c(Br)c(OCc3cc(OCc4ccccc4)cc(OCc4ccccc4)c3)c2)c1. The van der Waals surface area contributed by atoms with Crippen molar-refractivity contribution < 1.29 is 66.3 Å². The van der Waals surface area contributed by atoms with E-state index < -0.39 is 0 Å².